The van der Waals surface area contributed by atoms with Crippen molar-refractivity contribution in [2.75, 3.05) is 6.54 Å². The molecule has 3 aromatic carbocycles. The Labute approximate surface area is 252 Å². The molecule has 0 radical (unpaired) electrons. The number of aromatic nitrogens is 2. The minimum atomic E-state index is -5.08. The maximum Gasteiger partial charge on any atom is 0.490 e. The third kappa shape index (κ3) is 7.43. The van der Waals surface area contributed by atoms with Gasteiger partial charge in [0, 0.05) is 17.1 Å². The van der Waals surface area contributed by atoms with Crippen molar-refractivity contribution in [3.63, 3.8) is 0 Å². The summed E-state index contributed by atoms with van der Waals surface area (Å²) >= 11 is 6.32. The van der Waals surface area contributed by atoms with Gasteiger partial charge in [-0.15, -0.1) is 0 Å². The van der Waals surface area contributed by atoms with Crippen LogP contribution in [-0.2, 0) is 11.3 Å². The van der Waals surface area contributed by atoms with Gasteiger partial charge in [0.25, 0.3) is 5.56 Å². The van der Waals surface area contributed by atoms with E-state index in [0.29, 0.717) is 22.5 Å². The van der Waals surface area contributed by atoms with E-state index in [1.54, 1.807) is 18.2 Å². The largest absolute Gasteiger partial charge is 0.490 e. The maximum absolute atomic E-state index is 13.9. The number of halogens is 4. The molecule has 0 saturated heterocycles. The zero-order chi connectivity index (χ0) is 31.5. The van der Waals surface area contributed by atoms with Gasteiger partial charge in [0.15, 0.2) is 0 Å². The van der Waals surface area contributed by atoms with Gasteiger partial charge in [0.1, 0.15) is 11.7 Å². The molecule has 1 aliphatic heterocycles. The van der Waals surface area contributed by atoms with Gasteiger partial charge in [-0.05, 0) is 43.5 Å². The Bertz CT molecular complexity index is 1690. The van der Waals surface area contributed by atoms with Crippen molar-refractivity contribution < 1.29 is 23.1 Å². The van der Waals surface area contributed by atoms with Gasteiger partial charge in [0.2, 0.25) is 0 Å². The van der Waals surface area contributed by atoms with Crippen LogP contribution < -0.4 is 5.56 Å². The van der Waals surface area contributed by atoms with Crippen molar-refractivity contribution in [1.82, 2.24) is 14.5 Å². The van der Waals surface area contributed by atoms with E-state index in [-0.39, 0.29) is 23.1 Å². The smallest absolute Gasteiger partial charge is 0.475 e. The number of carbonyl (C=O) groups is 1. The summed E-state index contributed by atoms with van der Waals surface area (Å²) in [4.78, 5) is 35.4. The van der Waals surface area contributed by atoms with Crippen LogP contribution in [0.2, 0.25) is 5.02 Å². The number of fused-ring (bicyclic) bond motifs is 1. The van der Waals surface area contributed by atoms with Crippen molar-refractivity contribution >= 4 is 34.3 Å². The number of aliphatic carboxylic acids is 1. The first kappa shape index (κ1) is 31.7. The maximum atomic E-state index is 13.9. The lowest BCUT2D eigenvalue weighted by atomic mass is 9.98. The second kappa shape index (κ2) is 12.6. The van der Waals surface area contributed by atoms with Crippen LogP contribution in [0.25, 0.3) is 10.9 Å². The number of alkyl halides is 3. The highest BCUT2D eigenvalue weighted by Gasteiger charge is 2.40. The summed E-state index contributed by atoms with van der Waals surface area (Å²) in [7, 11) is 0. The van der Waals surface area contributed by atoms with Crippen LogP contribution in [0.4, 0.5) is 13.2 Å². The summed E-state index contributed by atoms with van der Waals surface area (Å²) in [5.74, 6) is -0.924. The first-order chi connectivity index (χ1) is 20.2. The second-order valence-electron chi connectivity index (χ2n) is 11.2. The first-order valence-corrected chi connectivity index (χ1v) is 14.0. The van der Waals surface area contributed by atoms with Gasteiger partial charge in [-0.3, -0.25) is 14.4 Å². The molecule has 0 saturated carbocycles. The Morgan fingerprint density at radius 2 is 1.60 bits per heavy atom. The predicted octanol–water partition coefficient (Wildman–Crippen LogP) is 6.97. The number of nitrogens with zero attached hydrogens (tertiary/aromatic N) is 4. The number of rotatable bonds is 6. The van der Waals surface area contributed by atoms with Crippen molar-refractivity contribution in [1.29, 1.82) is 0 Å². The molecule has 1 N–H and O–H groups in total. The zero-order valence-electron chi connectivity index (χ0n) is 24.1. The minimum absolute atomic E-state index is 0.0576. The molecule has 4 aromatic rings. The van der Waals surface area contributed by atoms with Crippen molar-refractivity contribution in [2.24, 2.45) is 10.9 Å². The quantitative estimate of drug-likeness (QED) is 0.254. The summed E-state index contributed by atoms with van der Waals surface area (Å²) < 4.78 is 33.6. The van der Waals surface area contributed by atoms with Crippen LogP contribution in [0.3, 0.4) is 0 Å². The molecule has 226 valence electrons. The standard InChI is InChI=1S/C30H31ClN4O.C2HF3O2/c1-20(2)26(35-19-30(3,4)33-27(35)22-13-9-6-10-14-22)28-32-25-17-23(31)15-16-24(25)29(36)34(28)18-21-11-7-5-8-12-21;3-2(4,5)1(6)7/h5-17,20,26H,18-19H2,1-4H3;(H,6,7). The molecule has 0 fully saturated rings. The number of amidine groups is 1. The fraction of sp³-hybridized carbons (Fsp3) is 0.312. The van der Waals surface area contributed by atoms with E-state index in [0.717, 1.165) is 29.3 Å². The number of hydrogen-bond acceptors (Lipinski definition) is 5. The molecule has 1 aromatic heterocycles. The average Bonchev–Trinajstić information content (AvgIpc) is 3.26. The minimum Gasteiger partial charge on any atom is -0.475 e. The van der Waals surface area contributed by atoms with E-state index in [2.05, 4.69) is 44.7 Å². The summed E-state index contributed by atoms with van der Waals surface area (Å²) in [6.45, 7) is 9.84. The molecule has 5 rings (SSSR count). The molecule has 43 heavy (non-hydrogen) atoms. The number of benzene rings is 3. The van der Waals surface area contributed by atoms with Crippen LogP contribution in [0.1, 0.15) is 50.7 Å². The summed E-state index contributed by atoms with van der Waals surface area (Å²) in [6.07, 6.45) is -5.08. The van der Waals surface area contributed by atoms with E-state index in [1.165, 1.54) is 0 Å². The van der Waals surface area contributed by atoms with Gasteiger partial charge in [-0.25, -0.2) is 9.78 Å². The Balaban J connectivity index is 0.000000541. The van der Waals surface area contributed by atoms with Gasteiger partial charge in [0.05, 0.1) is 29.0 Å². The highest BCUT2D eigenvalue weighted by Crippen LogP contribution is 2.36. The third-order valence-corrected chi connectivity index (χ3v) is 7.11. The molecule has 0 amide bonds. The van der Waals surface area contributed by atoms with Crippen LogP contribution in [0, 0.1) is 5.92 Å². The lowest BCUT2D eigenvalue weighted by Gasteiger charge is -2.35. The summed E-state index contributed by atoms with van der Waals surface area (Å²) in [5.41, 5.74) is 2.42. The van der Waals surface area contributed by atoms with Gasteiger partial charge in [-0.2, -0.15) is 13.2 Å². The number of carboxylic acid groups (broad SMARTS) is 1. The van der Waals surface area contributed by atoms with Crippen LogP contribution in [0.15, 0.2) is 88.6 Å². The van der Waals surface area contributed by atoms with Crippen molar-refractivity contribution in [2.45, 2.75) is 52.0 Å². The lowest BCUT2D eigenvalue weighted by Crippen LogP contribution is -2.42. The highest BCUT2D eigenvalue weighted by molar-refractivity contribution is 6.31. The topological polar surface area (TPSA) is 87.8 Å². The molecule has 0 bridgehead atoms. The van der Waals surface area contributed by atoms with E-state index in [1.807, 2.05) is 53.1 Å². The van der Waals surface area contributed by atoms with Gasteiger partial charge >= 0.3 is 12.1 Å². The fourth-order valence-electron chi connectivity index (χ4n) is 5.08. The Morgan fingerprint density at radius 1 is 1.02 bits per heavy atom. The third-order valence-electron chi connectivity index (χ3n) is 6.87. The van der Waals surface area contributed by atoms with E-state index >= 15 is 0 Å². The Hall–Kier alpha value is -4.18. The van der Waals surface area contributed by atoms with E-state index < -0.39 is 12.1 Å². The highest BCUT2D eigenvalue weighted by atomic mass is 35.5. The zero-order valence-corrected chi connectivity index (χ0v) is 24.9. The molecular weight excluding hydrogens is 581 g/mol. The predicted molar refractivity (Wildman–Crippen MR) is 162 cm³/mol. The number of aliphatic imine (C=N–C) groups is 1. The van der Waals surface area contributed by atoms with Crippen LogP contribution in [0.5, 0.6) is 0 Å². The van der Waals surface area contributed by atoms with Gasteiger partial charge < -0.3 is 10.0 Å². The average molecular weight is 613 g/mol. The molecule has 0 aliphatic carbocycles. The molecule has 1 unspecified atom stereocenters. The Morgan fingerprint density at radius 3 is 2.16 bits per heavy atom. The van der Waals surface area contributed by atoms with Crippen LogP contribution >= 0.6 is 11.6 Å². The Kier molecular flexibility index (Phi) is 9.29. The SMILES string of the molecule is CC(C)C(c1nc2cc(Cl)ccc2c(=O)n1Cc1ccccc1)N1CC(C)(C)N=C1c1ccccc1.O=C(O)C(F)(F)F. The fourth-order valence-corrected chi connectivity index (χ4v) is 5.25. The van der Waals surface area contributed by atoms with Crippen molar-refractivity contribution in [3.8, 4) is 0 Å². The molecule has 1 atom stereocenters. The molecule has 0 spiro atoms. The first-order valence-electron chi connectivity index (χ1n) is 13.6. The number of hydrogen-bond donors (Lipinski definition) is 1. The molecule has 11 heteroatoms. The molecule has 1 aliphatic rings. The van der Waals surface area contributed by atoms with Crippen molar-refractivity contribution in [3.05, 3.63) is 111 Å². The normalized spacial score (nSPS) is 15.2. The monoisotopic (exact) mass is 612 g/mol. The summed E-state index contributed by atoms with van der Waals surface area (Å²) in [6, 6.07) is 25.5. The molecule has 7 nitrogen and oxygen atoms in total. The number of carboxylic acids is 1. The van der Waals surface area contributed by atoms with E-state index in [4.69, 9.17) is 31.5 Å². The van der Waals surface area contributed by atoms with Crippen LogP contribution in [-0.4, -0.2) is 49.6 Å². The molecular formula is C32H32ClF3N4O3. The van der Waals surface area contributed by atoms with E-state index in [9.17, 15) is 18.0 Å². The lowest BCUT2D eigenvalue weighted by molar-refractivity contribution is -0.192. The molecule has 2 heterocycles. The second-order valence-corrected chi connectivity index (χ2v) is 11.7. The summed E-state index contributed by atoms with van der Waals surface area (Å²) in [5, 5.41) is 8.26. The van der Waals surface area contributed by atoms with Gasteiger partial charge in [-0.1, -0.05) is 86.1 Å².